The zero-order valence-electron chi connectivity index (χ0n) is 37.9. The van der Waals surface area contributed by atoms with Crippen LogP contribution in [0.3, 0.4) is 0 Å². The first-order chi connectivity index (χ1) is 32.8. The summed E-state index contributed by atoms with van der Waals surface area (Å²) in [4.78, 5) is 14.9. The second kappa shape index (κ2) is 13.6. The zero-order valence-corrected chi connectivity index (χ0v) is 32.9. The van der Waals surface area contributed by atoms with Gasteiger partial charge < -0.3 is 8.98 Å². The van der Waals surface area contributed by atoms with E-state index in [-0.39, 0.29) is 23.0 Å². The summed E-state index contributed by atoms with van der Waals surface area (Å²) in [6, 6.07) is 58.0. The van der Waals surface area contributed by atoms with Crippen LogP contribution in [0.15, 0.2) is 211 Å². The quantitative estimate of drug-likeness (QED) is 0.163. The van der Waals surface area contributed by atoms with Crippen LogP contribution in [-0.2, 0) is 0 Å². The van der Waals surface area contributed by atoms with Crippen LogP contribution in [0.5, 0.6) is 0 Å². The van der Waals surface area contributed by atoms with Crippen molar-refractivity contribution in [2.24, 2.45) is 0 Å². The van der Waals surface area contributed by atoms with Crippen LogP contribution in [-0.4, -0.2) is 19.5 Å². The lowest BCUT2D eigenvalue weighted by atomic mass is 9.92. The van der Waals surface area contributed by atoms with Gasteiger partial charge in [-0.2, -0.15) is 0 Å². The van der Waals surface area contributed by atoms with Gasteiger partial charge in [0.2, 0.25) is 0 Å². The second-order valence-corrected chi connectivity index (χ2v) is 15.5. The molecule has 0 bridgehead atoms. The highest BCUT2D eigenvalue weighted by atomic mass is 16.3. The highest BCUT2D eigenvalue weighted by Gasteiger charge is 2.23. The molecule has 5 nitrogen and oxygen atoms in total. The third kappa shape index (κ3) is 5.25. The van der Waals surface area contributed by atoms with Gasteiger partial charge >= 0.3 is 0 Å². The Hall–Kier alpha value is -8.41. The van der Waals surface area contributed by atoms with E-state index in [4.69, 9.17) is 26.2 Å². The molecular formula is C57H34N4O. The lowest BCUT2D eigenvalue weighted by Gasteiger charge is -2.12. The summed E-state index contributed by atoms with van der Waals surface area (Å²) in [6.45, 7) is 0. The molecule has 62 heavy (non-hydrogen) atoms. The van der Waals surface area contributed by atoms with Gasteiger partial charge in [0.15, 0.2) is 17.5 Å². The minimum atomic E-state index is -0.497. The molecule has 0 aliphatic rings. The van der Waals surface area contributed by atoms with E-state index in [0.717, 1.165) is 54.8 Å². The van der Waals surface area contributed by atoms with E-state index in [0.29, 0.717) is 22.3 Å². The molecule has 288 valence electrons. The number of aromatic nitrogens is 4. The summed E-state index contributed by atoms with van der Waals surface area (Å²) in [6.07, 6.45) is 0. The smallest absolute Gasteiger partial charge is 0.167 e. The number of para-hydroxylation sites is 3. The van der Waals surface area contributed by atoms with Crippen molar-refractivity contribution in [1.82, 2.24) is 19.5 Å². The van der Waals surface area contributed by atoms with Crippen molar-refractivity contribution < 1.29 is 11.3 Å². The Balaban J connectivity index is 1.13. The molecule has 0 aliphatic carbocycles. The summed E-state index contributed by atoms with van der Waals surface area (Å²) in [5.74, 6) is 0.437. The van der Waals surface area contributed by atoms with Crippen molar-refractivity contribution in [1.29, 1.82) is 0 Å². The van der Waals surface area contributed by atoms with Gasteiger partial charge in [0.1, 0.15) is 11.2 Å². The first-order valence-electron chi connectivity index (χ1n) is 23.0. The Morgan fingerprint density at radius 2 is 0.887 bits per heavy atom. The van der Waals surface area contributed by atoms with Crippen molar-refractivity contribution >= 4 is 76.1 Å². The van der Waals surface area contributed by atoms with Gasteiger partial charge in [-0.3, -0.25) is 0 Å². The van der Waals surface area contributed by atoms with Gasteiger partial charge in [0.25, 0.3) is 0 Å². The first-order valence-corrected chi connectivity index (χ1v) is 20.5. The van der Waals surface area contributed by atoms with E-state index in [1.807, 2.05) is 60.7 Å². The van der Waals surface area contributed by atoms with Gasteiger partial charge in [-0.05, 0) is 68.2 Å². The molecule has 0 saturated carbocycles. The molecule has 0 aliphatic heterocycles. The monoisotopic (exact) mass is 795 g/mol. The lowest BCUT2D eigenvalue weighted by molar-refractivity contribution is 0.670. The summed E-state index contributed by atoms with van der Waals surface area (Å²) in [7, 11) is 0. The number of furan rings is 1. The molecule has 3 aromatic heterocycles. The lowest BCUT2D eigenvalue weighted by Crippen LogP contribution is -2.01. The van der Waals surface area contributed by atoms with Gasteiger partial charge in [-0.15, -0.1) is 0 Å². The molecule has 0 unspecified atom stereocenters. The van der Waals surface area contributed by atoms with Gasteiger partial charge in [-0.1, -0.05) is 176 Å². The van der Waals surface area contributed by atoms with Crippen molar-refractivity contribution in [3.8, 4) is 51.0 Å². The number of hydrogen-bond acceptors (Lipinski definition) is 4. The van der Waals surface area contributed by atoms with Crippen molar-refractivity contribution in [2.45, 2.75) is 0 Å². The highest BCUT2D eigenvalue weighted by Crippen LogP contribution is 2.44. The van der Waals surface area contributed by atoms with Crippen molar-refractivity contribution in [3.05, 3.63) is 206 Å². The Bertz CT molecular complexity index is 4120. The number of hydrogen-bond donors (Lipinski definition) is 0. The number of fused-ring (bicyclic) bond motifs is 12. The third-order valence-electron chi connectivity index (χ3n) is 12.1. The number of rotatable bonds is 5. The number of nitrogens with zero attached hydrogens (tertiary/aromatic N) is 4. The Morgan fingerprint density at radius 1 is 0.355 bits per heavy atom. The molecule has 0 N–H and O–H groups in total. The first kappa shape index (κ1) is 29.7. The Kier molecular flexibility index (Phi) is 6.51. The van der Waals surface area contributed by atoms with E-state index in [1.54, 1.807) is 0 Å². The SMILES string of the molecule is [2H]c1c([2H])c([2H])c(-c2nc(-c3ccccc3)nc(-c3cc(-n4c5ccccc5c5ccccc54)cc4c3oc3c(-c5ccc6c7ccccc7c7ccccc7c6c5)cccc34)n2)c([2H])c1[2H]. The minimum absolute atomic E-state index is 0.0519. The van der Waals surface area contributed by atoms with Crippen LogP contribution < -0.4 is 0 Å². The predicted octanol–water partition coefficient (Wildman–Crippen LogP) is 15.0. The van der Waals surface area contributed by atoms with Crippen molar-refractivity contribution in [3.63, 3.8) is 0 Å². The molecule has 0 radical (unpaired) electrons. The van der Waals surface area contributed by atoms with Crippen LogP contribution in [0.4, 0.5) is 0 Å². The summed E-state index contributed by atoms with van der Waals surface area (Å²) >= 11 is 0. The highest BCUT2D eigenvalue weighted by molar-refractivity contribution is 6.26. The maximum atomic E-state index is 8.95. The summed E-state index contributed by atoms with van der Waals surface area (Å²) in [5.41, 5.74) is 7.08. The molecule has 13 rings (SSSR count). The van der Waals surface area contributed by atoms with E-state index < -0.39 is 30.2 Å². The fourth-order valence-corrected chi connectivity index (χ4v) is 9.37. The fourth-order valence-electron chi connectivity index (χ4n) is 9.37. The fraction of sp³-hybridized carbons (Fsp3) is 0. The second-order valence-electron chi connectivity index (χ2n) is 15.5. The predicted molar refractivity (Wildman–Crippen MR) is 256 cm³/mol. The Labute approximate surface area is 362 Å². The molecule has 0 fully saturated rings. The largest absolute Gasteiger partial charge is 0.455 e. The normalized spacial score (nSPS) is 13.0. The van der Waals surface area contributed by atoms with Gasteiger partial charge in [0.05, 0.1) is 23.5 Å². The molecule has 0 saturated heterocycles. The maximum absolute atomic E-state index is 8.95. The molecule has 13 aromatic rings. The van der Waals surface area contributed by atoms with Gasteiger partial charge in [0, 0.05) is 43.9 Å². The standard InChI is InChI=1S/C57H34N4O/c1-3-16-35(17-4-1)55-58-56(36-18-5-2-6-19-36)60-57(59-55)50-34-38(61-51-28-13-11-24-45(51)46-25-12-14-29-52(46)61)33-49-47-27-15-26-39(53(47)62-54(49)50)37-30-31-44-42-22-8-7-20-40(42)41-21-9-10-23-43(41)48(44)32-37/h1-34H/i1D,3D,4D,16D,17D. The van der Waals surface area contributed by atoms with Crippen molar-refractivity contribution in [2.75, 3.05) is 0 Å². The molecule has 0 spiro atoms. The molecule has 0 amide bonds. The summed E-state index contributed by atoms with van der Waals surface area (Å²) < 4.78 is 52.7. The van der Waals surface area contributed by atoms with E-state index in [2.05, 4.69) is 120 Å². The topological polar surface area (TPSA) is 56.7 Å². The number of benzene rings is 10. The van der Waals surface area contributed by atoms with Crippen LogP contribution in [0.1, 0.15) is 6.85 Å². The van der Waals surface area contributed by atoms with Crippen LogP contribution in [0, 0.1) is 0 Å². The third-order valence-corrected chi connectivity index (χ3v) is 12.1. The molecule has 3 heterocycles. The molecular weight excluding hydrogens is 757 g/mol. The maximum Gasteiger partial charge on any atom is 0.167 e. The Morgan fingerprint density at radius 3 is 1.56 bits per heavy atom. The minimum Gasteiger partial charge on any atom is -0.455 e. The zero-order chi connectivity index (χ0) is 45.1. The molecule has 0 atom stereocenters. The average molecular weight is 796 g/mol. The molecule has 10 aromatic carbocycles. The summed E-state index contributed by atoms with van der Waals surface area (Å²) in [5, 5.41) is 11.0. The van der Waals surface area contributed by atoms with Crippen LogP contribution in [0.2, 0.25) is 0 Å². The van der Waals surface area contributed by atoms with Crippen LogP contribution in [0.25, 0.3) is 127 Å². The van der Waals surface area contributed by atoms with E-state index in [1.165, 1.54) is 26.9 Å². The molecule has 5 heteroatoms. The van der Waals surface area contributed by atoms with E-state index in [9.17, 15) is 0 Å². The van der Waals surface area contributed by atoms with E-state index >= 15 is 0 Å². The average Bonchev–Trinajstić information content (AvgIpc) is 3.93. The van der Waals surface area contributed by atoms with Gasteiger partial charge in [-0.25, -0.2) is 15.0 Å². The van der Waals surface area contributed by atoms with Crippen LogP contribution >= 0.6 is 0 Å².